The fourth-order valence-corrected chi connectivity index (χ4v) is 3.45. The van der Waals surface area contributed by atoms with Crippen molar-refractivity contribution in [2.24, 2.45) is 0 Å². The summed E-state index contributed by atoms with van der Waals surface area (Å²) in [5.41, 5.74) is 2.83. The lowest BCUT2D eigenvalue weighted by molar-refractivity contribution is -0.131. The van der Waals surface area contributed by atoms with E-state index in [0.717, 1.165) is 23.1 Å². The highest BCUT2D eigenvalue weighted by Gasteiger charge is 2.44. The van der Waals surface area contributed by atoms with E-state index in [1.54, 1.807) is 12.1 Å². The second-order valence-corrected chi connectivity index (χ2v) is 7.90. The van der Waals surface area contributed by atoms with Crippen molar-refractivity contribution < 1.29 is 14.3 Å². The first-order chi connectivity index (χ1) is 13.8. The van der Waals surface area contributed by atoms with Crippen molar-refractivity contribution in [1.29, 1.82) is 0 Å². The van der Waals surface area contributed by atoms with Gasteiger partial charge in [-0.25, -0.2) is 0 Å². The second-order valence-electron chi connectivity index (χ2n) is 7.90. The third-order valence-electron chi connectivity index (χ3n) is 5.41. The number of ether oxygens (including phenoxy) is 1. The van der Waals surface area contributed by atoms with Gasteiger partial charge in [-0.15, -0.1) is 0 Å². The first-order valence-corrected chi connectivity index (χ1v) is 9.80. The average Bonchev–Trinajstić information content (AvgIpc) is 3.39. The van der Waals surface area contributed by atoms with Crippen LogP contribution in [0.4, 0.5) is 0 Å². The average molecular weight is 392 g/mol. The first-order valence-electron chi connectivity index (χ1n) is 9.80. The van der Waals surface area contributed by atoms with Crippen molar-refractivity contribution in [2.75, 3.05) is 20.6 Å². The summed E-state index contributed by atoms with van der Waals surface area (Å²) in [7, 11) is 4.02. The number of benzene rings is 2. The molecule has 2 aromatic carbocycles. The number of allylic oxidation sites excluding steroid dienone is 1. The van der Waals surface area contributed by atoms with Crippen molar-refractivity contribution in [1.82, 2.24) is 10.2 Å². The van der Waals surface area contributed by atoms with E-state index in [4.69, 9.17) is 4.74 Å². The lowest BCUT2D eigenvalue weighted by atomic mass is 9.92. The zero-order valence-electron chi connectivity index (χ0n) is 17.4. The zero-order chi connectivity index (χ0) is 21.0. The standard InChI is InChI=1S/C24H28N2O3/c1-17(27)29-21-12-10-18(11-13-21)14-20(26(3)4)16-25-23(28)22-15-24(22,2)19-8-6-5-7-9-19/h5-13,15,20H,14,16H2,1-4H3,(H,25,28)/t20-,24-/m0/s1. The summed E-state index contributed by atoms with van der Waals surface area (Å²) in [6.07, 6.45) is 2.80. The van der Waals surface area contributed by atoms with E-state index >= 15 is 0 Å². The molecule has 1 N–H and O–H groups in total. The Labute approximate surface area is 172 Å². The number of rotatable bonds is 8. The van der Waals surface area contributed by atoms with Crippen LogP contribution in [0.15, 0.2) is 66.2 Å². The molecule has 2 aromatic rings. The molecular formula is C24H28N2O3. The Morgan fingerprint density at radius 1 is 1.07 bits per heavy atom. The van der Waals surface area contributed by atoms with Crippen LogP contribution in [0.5, 0.6) is 5.75 Å². The molecule has 29 heavy (non-hydrogen) atoms. The molecular weight excluding hydrogens is 364 g/mol. The number of likely N-dealkylation sites (N-methyl/N-ethyl adjacent to an activating group) is 1. The van der Waals surface area contributed by atoms with Crippen LogP contribution in [0.1, 0.15) is 25.0 Å². The number of carbonyl (C=O) groups excluding carboxylic acids is 2. The molecule has 0 unspecified atom stereocenters. The monoisotopic (exact) mass is 392 g/mol. The normalized spacial score (nSPS) is 18.7. The third kappa shape index (κ3) is 5.12. The smallest absolute Gasteiger partial charge is 0.308 e. The topological polar surface area (TPSA) is 58.6 Å². The highest BCUT2D eigenvalue weighted by Crippen LogP contribution is 2.46. The Bertz CT molecular complexity index is 903. The number of esters is 1. The lowest BCUT2D eigenvalue weighted by Gasteiger charge is -2.25. The van der Waals surface area contributed by atoms with Crippen LogP contribution in [0, 0.1) is 0 Å². The van der Waals surface area contributed by atoms with Gasteiger partial charge >= 0.3 is 5.97 Å². The van der Waals surface area contributed by atoms with Crippen molar-refractivity contribution >= 4 is 11.9 Å². The van der Waals surface area contributed by atoms with Crippen molar-refractivity contribution in [3.63, 3.8) is 0 Å². The van der Waals surface area contributed by atoms with Crippen LogP contribution in [-0.4, -0.2) is 43.5 Å². The molecule has 0 fully saturated rings. The van der Waals surface area contributed by atoms with Crippen molar-refractivity contribution in [2.45, 2.75) is 31.7 Å². The van der Waals surface area contributed by atoms with E-state index < -0.39 is 0 Å². The number of nitrogens with one attached hydrogen (secondary N) is 1. The van der Waals surface area contributed by atoms with E-state index in [1.165, 1.54) is 6.92 Å². The van der Waals surface area contributed by atoms with Crippen LogP contribution in [0.25, 0.3) is 0 Å². The molecule has 1 amide bonds. The molecule has 3 rings (SSSR count). The third-order valence-corrected chi connectivity index (χ3v) is 5.41. The largest absolute Gasteiger partial charge is 0.427 e. The minimum atomic E-state index is -0.330. The molecule has 1 aliphatic rings. The van der Waals surface area contributed by atoms with Gasteiger partial charge in [0.25, 0.3) is 0 Å². The molecule has 0 aromatic heterocycles. The van der Waals surface area contributed by atoms with Gasteiger partial charge in [0.1, 0.15) is 5.75 Å². The van der Waals surface area contributed by atoms with Gasteiger partial charge in [-0.2, -0.15) is 0 Å². The molecule has 5 heteroatoms. The fourth-order valence-electron chi connectivity index (χ4n) is 3.45. The first kappa shape index (κ1) is 20.8. The predicted molar refractivity (Wildman–Crippen MR) is 114 cm³/mol. The Hall–Kier alpha value is -2.92. The van der Waals surface area contributed by atoms with Crippen LogP contribution in [-0.2, 0) is 21.4 Å². The molecule has 0 radical (unpaired) electrons. The SMILES string of the molecule is CC(=O)Oc1ccc(C[C@@H](CNC(=O)C2=C[C@@]2(C)c2ccccc2)N(C)C)cc1. The van der Waals surface area contributed by atoms with Gasteiger partial charge in [0.15, 0.2) is 0 Å². The van der Waals surface area contributed by atoms with Gasteiger partial charge in [-0.3, -0.25) is 9.59 Å². The van der Waals surface area contributed by atoms with Crippen LogP contribution >= 0.6 is 0 Å². The molecule has 0 spiro atoms. The van der Waals surface area contributed by atoms with Gasteiger partial charge in [0.05, 0.1) is 0 Å². The summed E-state index contributed by atoms with van der Waals surface area (Å²) in [5.74, 6) is 0.203. The van der Waals surface area contributed by atoms with Crippen LogP contribution in [0.2, 0.25) is 0 Å². The molecule has 0 saturated carbocycles. The number of hydrogen-bond donors (Lipinski definition) is 1. The molecule has 0 aliphatic heterocycles. The maximum Gasteiger partial charge on any atom is 0.308 e. The molecule has 0 saturated heterocycles. The van der Waals surface area contributed by atoms with Gasteiger partial charge in [0.2, 0.25) is 5.91 Å². The van der Waals surface area contributed by atoms with Crippen LogP contribution in [0.3, 0.4) is 0 Å². The highest BCUT2D eigenvalue weighted by molar-refractivity contribution is 6.02. The quantitative estimate of drug-likeness (QED) is 0.554. The summed E-state index contributed by atoms with van der Waals surface area (Å²) in [6.45, 7) is 4.02. The van der Waals surface area contributed by atoms with E-state index in [2.05, 4.69) is 29.3 Å². The second kappa shape index (κ2) is 8.62. The summed E-state index contributed by atoms with van der Waals surface area (Å²) in [6, 6.07) is 17.7. The van der Waals surface area contributed by atoms with Gasteiger partial charge in [-0.05, 0) is 50.7 Å². The Morgan fingerprint density at radius 3 is 2.31 bits per heavy atom. The number of amides is 1. The maximum absolute atomic E-state index is 12.7. The minimum Gasteiger partial charge on any atom is -0.427 e. The van der Waals surface area contributed by atoms with E-state index in [1.807, 2.05) is 50.5 Å². The number of nitrogens with zero attached hydrogens (tertiary/aromatic N) is 1. The number of carbonyl (C=O) groups is 2. The Morgan fingerprint density at radius 2 is 1.72 bits per heavy atom. The van der Waals surface area contributed by atoms with Crippen LogP contribution < -0.4 is 10.1 Å². The molecule has 5 nitrogen and oxygen atoms in total. The molecule has 0 bridgehead atoms. The molecule has 1 aliphatic carbocycles. The minimum absolute atomic E-state index is 0.00610. The Kier molecular flexibility index (Phi) is 6.18. The summed E-state index contributed by atoms with van der Waals surface area (Å²) in [4.78, 5) is 25.8. The Balaban J connectivity index is 1.55. The lowest BCUT2D eigenvalue weighted by Crippen LogP contribution is -2.42. The van der Waals surface area contributed by atoms with Gasteiger partial charge < -0.3 is 15.0 Å². The van der Waals surface area contributed by atoms with E-state index in [-0.39, 0.29) is 23.3 Å². The van der Waals surface area contributed by atoms with E-state index in [0.29, 0.717) is 12.3 Å². The fraction of sp³-hybridized carbons (Fsp3) is 0.333. The van der Waals surface area contributed by atoms with Crippen molar-refractivity contribution in [3.8, 4) is 5.75 Å². The molecule has 152 valence electrons. The predicted octanol–water partition coefficient (Wildman–Crippen LogP) is 3.10. The van der Waals surface area contributed by atoms with E-state index in [9.17, 15) is 9.59 Å². The summed E-state index contributed by atoms with van der Waals surface area (Å²) in [5, 5.41) is 3.09. The highest BCUT2D eigenvalue weighted by atomic mass is 16.5. The molecule has 0 heterocycles. The van der Waals surface area contributed by atoms with Gasteiger partial charge in [-0.1, -0.05) is 48.5 Å². The maximum atomic E-state index is 12.7. The van der Waals surface area contributed by atoms with Crippen molar-refractivity contribution in [3.05, 3.63) is 77.4 Å². The molecule has 2 atom stereocenters. The zero-order valence-corrected chi connectivity index (χ0v) is 17.4. The number of hydrogen-bond acceptors (Lipinski definition) is 4. The summed E-state index contributed by atoms with van der Waals surface area (Å²) < 4.78 is 5.08. The van der Waals surface area contributed by atoms with Gasteiger partial charge in [0, 0.05) is 30.5 Å². The summed E-state index contributed by atoms with van der Waals surface area (Å²) >= 11 is 0.